The van der Waals surface area contributed by atoms with Crippen molar-refractivity contribution in [3.8, 4) is 0 Å². The molecule has 0 saturated heterocycles. The van der Waals surface area contributed by atoms with Gasteiger partial charge >= 0.3 is 5.97 Å². The molecule has 2 atom stereocenters. The molecule has 2 rings (SSSR count). The van der Waals surface area contributed by atoms with E-state index < -0.39 is 17.6 Å². The predicted octanol–water partition coefficient (Wildman–Crippen LogP) is 3.75. The lowest BCUT2D eigenvalue weighted by Gasteiger charge is -2.22. The number of carboxylic acid groups (broad SMARTS) is 1. The average molecular weight is 301 g/mol. The summed E-state index contributed by atoms with van der Waals surface area (Å²) in [5.74, 6) is -2.08. The summed E-state index contributed by atoms with van der Waals surface area (Å²) < 4.78 is 27.7. The van der Waals surface area contributed by atoms with Crippen molar-refractivity contribution in [2.24, 2.45) is 0 Å². The third-order valence-electron chi connectivity index (χ3n) is 3.45. The maximum Gasteiger partial charge on any atom is 0.335 e. The van der Waals surface area contributed by atoms with Crippen molar-refractivity contribution < 1.29 is 18.7 Å². The van der Waals surface area contributed by atoms with Gasteiger partial charge in [0.25, 0.3) is 0 Å². The van der Waals surface area contributed by atoms with Crippen LogP contribution in [0, 0.1) is 11.6 Å². The Labute approximate surface area is 120 Å². The lowest BCUT2D eigenvalue weighted by atomic mass is 10.1. The third kappa shape index (κ3) is 3.23. The molecule has 0 radical (unpaired) electrons. The second-order valence-electron chi connectivity index (χ2n) is 4.80. The van der Waals surface area contributed by atoms with Crippen molar-refractivity contribution in [2.45, 2.75) is 37.5 Å². The predicted molar refractivity (Wildman–Crippen MR) is 76.5 cm³/mol. The number of anilines is 1. The van der Waals surface area contributed by atoms with Crippen LogP contribution in [-0.4, -0.2) is 28.1 Å². The molecule has 0 bridgehead atoms. The van der Waals surface area contributed by atoms with Gasteiger partial charge in [0.15, 0.2) is 0 Å². The van der Waals surface area contributed by atoms with Gasteiger partial charge in [-0.1, -0.05) is 13.3 Å². The fourth-order valence-electron chi connectivity index (χ4n) is 2.52. The van der Waals surface area contributed by atoms with Crippen LogP contribution in [0.15, 0.2) is 12.1 Å². The molecule has 0 heterocycles. The molecule has 0 amide bonds. The molecule has 3 nitrogen and oxygen atoms in total. The van der Waals surface area contributed by atoms with Crippen LogP contribution in [0.2, 0.25) is 0 Å². The van der Waals surface area contributed by atoms with E-state index in [1.807, 2.05) is 0 Å². The van der Waals surface area contributed by atoms with Gasteiger partial charge in [0.05, 0.1) is 5.56 Å². The summed E-state index contributed by atoms with van der Waals surface area (Å²) in [6.45, 7) is 2.06. The quantitative estimate of drug-likeness (QED) is 0.869. The monoisotopic (exact) mass is 301 g/mol. The lowest BCUT2D eigenvalue weighted by molar-refractivity contribution is 0.0696. The molecule has 1 aliphatic carbocycles. The fourth-order valence-corrected chi connectivity index (χ4v) is 3.72. The maximum atomic E-state index is 13.9. The van der Waals surface area contributed by atoms with Crippen LogP contribution in [0.3, 0.4) is 0 Å². The number of nitrogens with one attached hydrogen (secondary N) is 1. The zero-order valence-corrected chi connectivity index (χ0v) is 12.0. The number of hydrogen-bond acceptors (Lipinski definition) is 3. The average Bonchev–Trinajstić information content (AvgIpc) is 2.81. The molecule has 1 aromatic carbocycles. The van der Waals surface area contributed by atoms with Crippen molar-refractivity contribution in [1.29, 1.82) is 0 Å². The Balaban J connectivity index is 2.19. The first-order valence-electron chi connectivity index (χ1n) is 6.63. The Morgan fingerprint density at radius 1 is 1.40 bits per heavy atom. The standard InChI is InChI=1S/C14H17F2NO2S/c1-2-20-12-5-3-4-11(12)17-13-9(15)6-8(14(18)19)7-10(13)16/h6-7,11-12,17H,2-5H2,1H3,(H,18,19). The Kier molecular flexibility index (Phi) is 4.86. The van der Waals surface area contributed by atoms with Gasteiger partial charge in [-0.25, -0.2) is 13.6 Å². The second-order valence-corrected chi connectivity index (χ2v) is 6.31. The normalized spacial score (nSPS) is 21.9. The number of benzene rings is 1. The second kappa shape index (κ2) is 6.43. The first-order chi connectivity index (χ1) is 9.52. The summed E-state index contributed by atoms with van der Waals surface area (Å²) in [5.41, 5.74) is -0.597. The van der Waals surface area contributed by atoms with Crippen LogP contribution in [0.4, 0.5) is 14.5 Å². The van der Waals surface area contributed by atoms with Gasteiger partial charge in [-0.3, -0.25) is 0 Å². The van der Waals surface area contributed by atoms with Crippen LogP contribution in [-0.2, 0) is 0 Å². The minimum atomic E-state index is -1.34. The van der Waals surface area contributed by atoms with Crippen molar-refractivity contribution in [3.63, 3.8) is 0 Å². The molecule has 0 spiro atoms. The smallest absolute Gasteiger partial charge is 0.335 e. The Morgan fingerprint density at radius 3 is 2.60 bits per heavy atom. The highest BCUT2D eigenvalue weighted by Gasteiger charge is 2.28. The minimum Gasteiger partial charge on any atom is -0.478 e. The number of carbonyl (C=O) groups is 1. The summed E-state index contributed by atoms with van der Waals surface area (Å²) in [4.78, 5) is 10.7. The van der Waals surface area contributed by atoms with E-state index in [4.69, 9.17) is 5.11 Å². The summed E-state index contributed by atoms with van der Waals surface area (Å²) in [5, 5.41) is 12.0. The van der Waals surface area contributed by atoms with Gasteiger partial charge in [-0.2, -0.15) is 11.8 Å². The molecular formula is C14H17F2NO2S. The highest BCUT2D eigenvalue weighted by Crippen LogP contribution is 2.33. The molecule has 1 saturated carbocycles. The first kappa shape index (κ1) is 15.1. The van der Waals surface area contributed by atoms with E-state index in [1.54, 1.807) is 11.8 Å². The highest BCUT2D eigenvalue weighted by atomic mass is 32.2. The maximum absolute atomic E-state index is 13.9. The first-order valence-corrected chi connectivity index (χ1v) is 7.68. The van der Waals surface area contributed by atoms with Crippen LogP contribution >= 0.6 is 11.8 Å². The van der Waals surface area contributed by atoms with Crippen LogP contribution in [0.5, 0.6) is 0 Å². The number of hydrogen-bond donors (Lipinski definition) is 2. The highest BCUT2D eigenvalue weighted by molar-refractivity contribution is 7.99. The minimum absolute atomic E-state index is 0.0274. The molecule has 1 aromatic rings. The SMILES string of the molecule is CCSC1CCCC1Nc1c(F)cc(C(=O)O)cc1F. The molecule has 6 heteroatoms. The van der Waals surface area contributed by atoms with E-state index in [0.29, 0.717) is 5.25 Å². The third-order valence-corrected chi connectivity index (χ3v) is 4.78. The van der Waals surface area contributed by atoms with E-state index in [-0.39, 0.29) is 17.3 Å². The molecule has 1 aliphatic rings. The topological polar surface area (TPSA) is 49.3 Å². The van der Waals surface area contributed by atoms with E-state index in [0.717, 1.165) is 37.1 Å². The van der Waals surface area contributed by atoms with Gasteiger partial charge in [-0.05, 0) is 30.7 Å². The summed E-state index contributed by atoms with van der Waals surface area (Å²) >= 11 is 1.78. The molecule has 0 aliphatic heterocycles. The number of rotatable bonds is 5. The van der Waals surface area contributed by atoms with Crippen molar-refractivity contribution in [1.82, 2.24) is 0 Å². The van der Waals surface area contributed by atoms with E-state index in [9.17, 15) is 13.6 Å². The summed E-state index contributed by atoms with van der Waals surface area (Å²) in [7, 11) is 0. The van der Waals surface area contributed by atoms with Crippen molar-refractivity contribution in [3.05, 3.63) is 29.3 Å². The van der Waals surface area contributed by atoms with Gasteiger partial charge in [0.2, 0.25) is 0 Å². The van der Waals surface area contributed by atoms with E-state index >= 15 is 0 Å². The molecule has 20 heavy (non-hydrogen) atoms. The molecule has 2 unspecified atom stereocenters. The van der Waals surface area contributed by atoms with Crippen molar-refractivity contribution in [2.75, 3.05) is 11.1 Å². The van der Waals surface area contributed by atoms with E-state index in [1.165, 1.54) is 0 Å². The number of thioether (sulfide) groups is 1. The van der Waals surface area contributed by atoms with Gasteiger partial charge < -0.3 is 10.4 Å². The van der Waals surface area contributed by atoms with Gasteiger partial charge in [0, 0.05) is 11.3 Å². The number of aromatic carboxylic acids is 1. The Bertz CT molecular complexity index is 487. The van der Waals surface area contributed by atoms with Crippen molar-refractivity contribution >= 4 is 23.4 Å². The summed E-state index contributed by atoms with van der Waals surface area (Å²) in [6.07, 6.45) is 2.94. The van der Waals surface area contributed by atoms with Gasteiger partial charge in [0.1, 0.15) is 17.3 Å². The largest absolute Gasteiger partial charge is 0.478 e. The molecule has 110 valence electrons. The lowest BCUT2D eigenvalue weighted by Crippen LogP contribution is -2.27. The molecule has 1 fully saturated rings. The van der Waals surface area contributed by atoms with Crippen LogP contribution in [0.1, 0.15) is 36.5 Å². The Morgan fingerprint density at radius 2 is 2.05 bits per heavy atom. The zero-order valence-electron chi connectivity index (χ0n) is 11.2. The van der Waals surface area contributed by atoms with Gasteiger partial charge in [-0.15, -0.1) is 0 Å². The zero-order chi connectivity index (χ0) is 14.7. The molecule has 2 N–H and O–H groups in total. The summed E-state index contributed by atoms with van der Waals surface area (Å²) in [6, 6.07) is 1.73. The van der Waals surface area contributed by atoms with Crippen LogP contribution in [0.25, 0.3) is 0 Å². The Hall–Kier alpha value is -1.30. The van der Waals surface area contributed by atoms with E-state index in [2.05, 4.69) is 12.2 Å². The number of halogens is 2. The number of carboxylic acids is 1. The van der Waals surface area contributed by atoms with Crippen LogP contribution < -0.4 is 5.32 Å². The molecule has 0 aromatic heterocycles. The fraction of sp³-hybridized carbons (Fsp3) is 0.500. The molecular weight excluding hydrogens is 284 g/mol.